The molecule has 1 saturated heterocycles. The van der Waals surface area contributed by atoms with E-state index in [1.54, 1.807) is 0 Å². The number of hydrogen-bond acceptors (Lipinski definition) is 1. The van der Waals surface area contributed by atoms with Crippen molar-refractivity contribution in [3.63, 3.8) is 0 Å². The molecule has 0 radical (unpaired) electrons. The van der Waals surface area contributed by atoms with E-state index in [9.17, 15) is 4.79 Å². The largest absolute Gasteiger partial charge is 0.329 e. The van der Waals surface area contributed by atoms with Crippen LogP contribution in [0.25, 0.3) is 0 Å². The van der Waals surface area contributed by atoms with Crippen molar-refractivity contribution < 1.29 is 4.79 Å². The molecular weight excluding hydrogens is 198 g/mol. The predicted octanol–water partition coefficient (Wildman–Crippen LogP) is 1.94. The van der Waals surface area contributed by atoms with Gasteiger partial charge in [0.2, 0.25) is 5.91 Å². The summed E-state index contributed by atoms with van der Waals surface area (Å²) >= 11 is 0. The van der Waals surface area contributed by atoms with Crippen LogP contribution in [-0.2, 0) is 4.79 Å². The van der Waals surface area contributed by atoms with Gasteiger partial charge in [0.15, 0.2) is 0 Å². The Balaban J connectivity index is 0.000000750. The van der Waals surface area contributed by atoms with Crippen LogP contribution < -0.4 is 5.32 Å². The van der Waals surface area contributed by atoms with Crippen LogP contribution in [0.3, 0.4) is 0 Å². The predicted molar refractivity (Wildman–Crippen MR) is 56.9 cm³/mol. The van der Waals surface area contributed by atoms with Crippen molar-refractivity contribution >= 4 is 18.3 Å². The van der Waals surface area contributed by atoms with E-state index in [0.717, 1.165) is 18.5 Å². The molecule has 14 heavy (non-hydrogen) atoms. The summed E-state index contributed by atoms with van der Waals surface area (Å²) in [6, 6.07) is 0. The Labute approximate surface area is 89.2 Å². The van der Waals surface area contributed by atoms with Gasteiger partial charge in [0.25, 0.3) is 0 Å². The van der Waals surface area contributed by atoms with Gasteiger partial charge in [0.1, 0.15) is 0 Å². The van der Waals surface area contributed by atoms with E-state index in [1.807, 2.05) is 12.2 Å². The third kappa shape index (κ3) is 1.14. The maximum atomic E-state index is 11.5. The highest BCUT2D eigenvalue weighted by molar-refractivity contribution is 5.86. The smallest absolute Gasteiger partial charge is 0.228 e. The van der Waals surface area contributed by atoms with Crippen LogP contribution >= 0.6 is 12.4 Å². The zero-order chi connectivity index (χ0) is 8.84. The van der Waals surface area contributed by atoms with Crippen LogP contribution in [0, 0.1) is 11.8 Å². The lowest BCUT2D eigenvalue weighted by atomic mass is 9.77. The molecule has 1 fully saturated rings. The van der Waals surface area contributed by atoms with Crippen molar-refractivity contribution in [1.82, 2.24) is 5.32 Å². The molecule has 2 unspecified atom stereocenters. The number of carbonyl (C=O) groups excluding carboxylic acids is 1. The van der Waals surface area contributed by atoms with Gasteiger partial charge in [0.05, 0.1) is 5.92 Å². The van der Waals surface area contributed by atoms with Crippen molar-refractivity contribution in [1.29, 1.82) is 0 Å². The van der Waals surface area contributed by atoms with Crippen molar-refractivity contribution in [2.75, 3.05) is 0 Å². The highest BCUT2D eigenvalue weighted by Crippen LogP contribution is 2.41. The molecule has 0 saturated carbocycles. The minimum atomic E-state index is 0. The third-order valence-electron chi connectivity index (χ3n) is 3.12. The van der Waals surface area contributed by atoms with Crippen LogP contribution in [0.1, 0.15) is 12.8 Å². The summed E-state index contributed by atoms with van der Waals surface area (Å²) in [7, 11) is 0. The Kier molecular flexibility index (Phi) is 2.23. The lowest BCUT2D eigenvalue weighted by molar-refractivity contribution is -0.122. The van der Waals surface area contributed by atoms with Crippen molar-refractivity contribution in [2.45, 2.75) is 12.8 Å². The number of rotatable bonds is 0. The Hall–Kier alpha value is -1.02. The molecule has 3 rings (SSSR count). The molecule has 0 aromatic rings. The normalized spacial score (nSPS) is 32.4. The van der Waals surface area contributed by atoms with Crippen molar-refractivity contribution in [3.05, 3.63) is 35.6 Å². The van der Waals surface area contributed by atoms with Gasteiger partial charge in [-0.15, -0.1) is 12.4 Å². The second-order valence-electron chi connectivity index (χ2n) is 3.84. The lowest BCUT2D eigenvalue weighted by Gasteiger charge is -2.24. The van der Waals surface area contributed by atoms with Gasteiger partial charge < -0.3 is 5.32 Å². The fourth-order valence-corrected chi connectivity index (χ4v) is 2.53. The summed E-state index contributed by atoms with van der Waals surface area (Å²) in [5.41, 5.74) is 2.43. The monoisotopic (exact) mass is 209 g/mol. The van der Waals surface area contributed by atoms with E-state index in [2.05, 4.69) is 17.5 Å². The van der Waals surface area contributed by atoms with Crippen LogP contribution in [0.15, 0.2) is 35.6 Å². The zero-order valence-electron chi connectivity index (χ0n) is 7.69. The van der Waals surface area contributed by atoms with E-state index < -0.39 is 0 Å². The topological polar surface area (TPSA) is 29.1 Å². The number of amides is 1. The van der Waals surface area contributed by atoms with E-state index in [1.165, 1.54) is 5.57 Å². The van der Waals surface area contributed by atoms with Crippen molar-refractivity contribution in [3.8, 4) is 0 Å². The molecule has 3 heteroatoms. The Morgan fingerprint density at radius 3 is 3.14 bits per heavy atom. The third-order valence-corrected chi connectivity index (χ3v) is 3.12. The van der Waals surface area contributed by atoms with E-state index in [0.29, 0.717) is 5.92 Å². The molecule has 1 amide bonds. The van der Waals surface area contributed by atoms with Crippen LogP contribution in [0.5, 0.6) is 0 Å². The molecule has 1 aliphatic heterocycles. The molecule has 0 spiro atoms. The summed E-state index contributed by atoms with van der Waals surface area (Å²) in [4.78, 5) is 11.5. The minimum Gasteiger partial charge on any atom is -0.329 e. The second kappa shape index (κ2) is 3.28. The molecule has 2 atom stereocenters. The maximum absolute atomic E-state index is 11.5. The first-order valence-electron chi connectivity index (χ1n) is 4.75. The van der Waals surface area contributed by atoms with Crippen molar-refractivity contribution in [2.24, 2.45) is 11.8 Å². The summed E-state index contributed by atoms with van der Waals surface area (Å²) in [5, 5.41) is 2.96. The molecule has 1 heterocycles. The Morgan fingerprint density at radius 1 is 1.43 bits per heavy atom. The molecule has 3 aliphatic rings. The van der Waals surface area contributed by atoms with E-state index >= 15 is 0 Å². The summed E-state index contributed by atoms with van der Waals surface area (Å²) < 4.78 is 0. The number of hydrogen-bond donors (Lipinski definition) is 1. The molecule has 74 valence electrons. The lowest BCUT2D eigenvalue weighted by Crippen LogP contribution is -2.21. The van der Waals surface area contributed by atoms with Gasteiger partial charge in [-0.2, -0.15) is 0 Å². The number of allylic oxidation sites excluding steroid dienone is 5. The SMILES string of the molecule is Cl.O=C1NC2=CC=CC3=CCCC1C32. The van der Waals surface area contributed by atoms with E-state index in [-0.39, 0.29) is 24.2 Å². The molecule has 2 nitrogen and oxygen atoms in total. The van der Waals surface area contributed by atoms with Crippen LogP contribution in [0.4, 0.5) is 0 Å². The molecule has 2 aliphatic carbocycles. The first-order chi connectivity index (χ1) is 6.36. The molecular formula is C11H12ClNO. The van der Waals surface area contributed by atoms with Gasteiger partial charge in [0, 0.05) is 11.6 Å². The van der Waals surface area contributed by atoms with E-state index in [4.69, 9.17) is 0 Å². The fraction of sp³-hybridized carbons (Fsp3) is 0.364. The second-order valence-corrected chi connectivity index (χ2v) is 3.84. The quantitative estimate of drug-likeness (QED) is 0.649. The number of carbonyl (C=O) groups is 1. The fourth-order valence-electron chi connectivity index (χ4n) is 2.53. The Morgan fingerprint density at radius 2 is 2.29 bits per heavy atom. The highest BCUT2D eigenvalue weighted by Gasteiger charge is 2.41. The molecule has 0 bridgehead atoms. The molecule has 0 aromatic heterocycles. The Bertz CT molecular complexity index is 367. The highest BCUT2D eigenvalue weighted by atomic mass is 35.5. The average Bonchev–Trinajstić information content (AvgIpc) is 2.47. The molecule has 1 N–H and O–H groups in total. The average molecular weight is 210 g/mol. The minimum absolute atomic E-state index is 0. The zero-order valence-corrected chi connectivity index (χ0v) is 8.51. The van der Waals surface area contributed by atoms with Gasteiger partial charge in [-0.3, -0.25) is 4.79 Å². The standard InChI is InChI=1S/C11H11NO.ClH/c13-11-8-5-1-3-7-4-2-6-9(12-11)10(7)8;/h2-4,6,8,10H,1,5H2,(H,12,13);1H. The summed E-state index contributed by atoms with van der Waals surface area (Å²) in [6.45, 7) is 0. The summed E-state index contributed by atoms with van der Waals surface area (Å²) in [6.07, 6.45) is 10.5. The van der Waals surface area contributed by atoms with Gasteiger partial charge >= 0.3 is 0 Å². The number of halogens is 1. The first kappa shape index (κ1) is 9.53. The number of nitrogens with one attached hydrogen (secondary N) is 1. The van der Waals surface area contributed by atoms with Crippen LogP contribution in [0.2, 0.25) is 0 Å². The van der Waals surface area contributed by atoms with Gasteiger partial charge in [-0.05, 0) is 24.5 Å². The van der Waals surface area contributed by atoms with Crippen LogP contribution in [-0.4, -0.2) is 5.91 Å². The molecule has 0 aromatic carbocycles. The first-order valence-corrected chi connectivity index (χ1v) is 4.75. The van der Waals surface area contributed by atoms with Gasteiger partial charge in [-0.1, -0.05) is 18.2 Å². The van der Waals surface area contributed by atoms with Gasteiger partial charge in [-0.25, -0.2) is 0 Å². The summed E-state index contributed by atoms with van der Waals surface area (Å²) in [5.74, 6) is 0.771. The maximum Gasteiger partial charge on any atom is 0.228 e.